The van der Waals surface area contributed by atoms with Crippen LogP contribution in [0.25, 0.3) is 0 Å². The maximum absolute atomic E-state index is 12.4. The standard InChI is InChI=1S/C19H27N3O4S/c1-3-22(13(2)23)10-11-27(25,26)21-19(24)20-18-16-8-4-6-14(16)12-15-7-5-9-17(15)18/h12H,3-11H2,1-2H3,(H2,20,21,24). The number of amides is 3. The van der Waals surface area contributed by atoms with Gasteiger partial charge in [0, 0.05) is 25.7 Å². The molecule has 0 atom stereocenters. The molecule has 0 aromatic heterocycles. The number of urea groups is 1. The summed E-state index contributed by atoms with van der Waals surface area (Å²) in [5.74, 6) is -0.494. The quantitative estimate of drug-likeness (QED) is 0.772. The first-order valence-corrected chi connectivity index (χ1v) is 11.2. The third-order valence-electron chi connectivity index (χ3n) is 5.42. The van der Waals surface area contributed by atoms with E-state index in [0.29, 0.717) is 6.54 Å². The number of rotatable bonds is 6. The Morgan fingerprint density at radius 2 is 1.67 bits per heavy atom. The van der Waals surface area contributed by atoms with Crippen molar-refractivity contribution in [2.24, 2.45) is 0 Å². The lowest BCUT2D eigenvalue weighted by atomic mass is 9.99. The third kappa shape index (κ3) is 4.43. The Morgan fingerprint density at radius 3 is 2.19 bits per heavy atom. The van der Waals surface area contributed by atoms with Crippen LogP contribution in [-0.2, 0) is 40.5 Å². The van der Waals surface area contributed by atoms with Gasteiger partial charge in [0.25, 0.3) is 0 Å². The molecule has 148 valence electrons. The van der Waals surface area contributed by atoms with Gasteiger partial charge in [0.2, 0.25) is 15.9 Å². The molecule has 0 fully saturated rings. The van der Waals surface area contributed by atoms with Crippen molar-refractivity contribution in [2.45, 2.75) is 52.4 Å². The first-order chi connectivity index (χ1) is 12.8. The Bertz CT molecular complexity index is 832. The second-order valence-corrected chi connectivity index (χ2v) is 9.05. The highest BCUT2D eigenvalue weighted by Crippen LogP contribution is 2.38. The van der Waals surface area contributed by atoms with Gasteiger partial charge < -0.3 is 10.2 Å². The minimum atomic E-state index is -3.82. The lowest BCUT2D eigenvalue weighted by Gasteiger charge is -2.19. The molecule has 3 rings (SSSR count). The third-order valence-corrected chi connectivity index (χ3v) is 6.63. The predicted octanol–water partition coefficient (Wildman–Crippen LogP) is 1.98. The summed E-state index contributed by atoms with van der Waals surface area (Å²) < 4.78 is 26.6. The number of sulfonamides is 1. The summed E-state index contributed by atoms with van der Waals surface area (Å²) in [6.45, 7) is 3.67. The molecule has 0 spiro atoms. The number of nitrogens with one attached hydrogen (secondary N) is 2. The van der Waals surface area contributed by atoms with Gasteiger partial charge in [-0.25, -0.2) is 17.9 Å². The molecule has 0 saturated carbocycles. The number of hydrogen-bond acceptors (Lipinski definition) is 4. The van der Waals surface area contributed by atoms with Gasteiger partial charge in [0.05, 0.1) is 5.75 Å². The van der Waals surface area contributed by atoms with Crippen LogP contribution in [0.1, 0.15) is 48.9 Å². The molecule has 1 aromatic carbocycles. The van der Waals surface area contributed by atoms with E-state index >= 15 is 0 Å². The van der Waals surface area contributed by atoms with Gasteiger partial charge in [-0.3, -0.25) is 4.79 Å². The van der Waals surface area contributed by atoms with Gasteiger partial charge in [-0.15, -0.1) is 0 Å². The van der Waals surface area contributed by atoms with Crippen molar-refractivity contribution >= 4 is 27.6 Å². The minimum Gasteiger partial charge on any atom is -0.342 e. The second kappa shape index (κ2) is 7.88. The van der Waals surface area contributed by atoms with Crippen LogP contribution in [0.2, 0.25) is 0 Å². The largest absolute Gasteiger partial charge is 0.342 e. The number of aryl methyl sites for hydroxylation is 2. The smallest absolute Gasteiger partial charge is 0.332 e. The second-order valence-electron chi connectivity index (χ2n) is 7.21. The normalized spacial score (nSPS) is 15.2. The molecule has 0 unspecified atom stereocenters. The molecular weight excluding hydrogens is 366 g/mol. The molecule has 7 nitrogen and oxygen atoms in total. The van der Waals surface area contributed by atoms with Crippen LogP contribution in [0.4, 0.5) is 10.5 Å². The van der Waals surface area contributed by atoms with Gasteiger partial charge in [0.1, 0.15) is 0 Å². The van der Waals surface area contributed by atoms with Gasteiger partial charge in [-0.1, -0.05) is 6.07 Å². The fourth-order valence-corrected chi connectivity index (χ4v) is 4.96. The summed E-state index contributed by atoms with van der Waals surface area (Å²) in [6.07, 6.45) is 5.96. The van der Waals surface area contributed by atoms with Crippen molar-refractivity contribution in [1.29, 1.82) is 0 Å². The average molecular weight is 394 g/mol. The van der Waals surface area contributed by atoms with E-state index in [0.717, 1.165) is 55.3 Å². The molecule has 8 heteroatoms. The van der Waals surface area contributed by atoms with Crippen molar-refractivity contribution < 1.29 is 18.0 Å². The Kier molecular flexibility index (Phi) is 5.74. The lowest BCUT2D eigenvalue weighted by molar-refractivity contribution is -0.128. The number of carbonyl (C=O) groups excluding carboxylic acids is 2. The van der Waals surface area contributed by atoms with Crippen molar-refractivity contribution in [3.05, 3.63) is 28.3 Å². The number of nitrogens with zero attached hydrogens (tertiary/aromatic N) is 1. The highest BCUT2D eigenvalue weighted by Gasteiger charge is 2.26. The van der Waals surface area contributed by atoms with Gasteiger partial charge >= 0.3 is 6.03 Å². The first kappa shape index (κ1) is 19.7. The molecule has 1 aromatic rings. The zero-order valence-electron chi connectivity index (χ0n) is 15.9. The van der Waals surface area contributed by atoms with Crippen LogP contribution < -0.4 is 10.0 Å². The number of carbonyl (C=O) groups is 2. The van der Waals surface area contributed by atoms with E-state index in [1.807, 2.05) is 0 Å². The van der Waals surface area contributed by atoms with Crippen LogP contribution in [0.3, 0.4) is 0 Å². The van der Waals surface area contributed by atoms with E-state index in [4.69, 9.17) is 0 Å². The van der Waals surface area contributed by atoms with Crippen molar-refractivity contribution in [2.75, 3.05) is 24.2 Å². The molecule has 2 N–H and O–H groups in total. The Labute approximate surface area is 160 Å². The van der Waals surface area contributed by atoms with Crippen LogP contribution in [0.15, 0.2) is 6.07 Å². The van der Waals surface area contributed by atoms with Crippen LogP contribution >= 0.6 is 0 Å². The monoisotopic (exact) mass is 393 g/mol. The van der Waals surface area contributed by atoms with E-state index in [1.165, 1.54) is 23.0 Å². The van der Waals surface area contributed by atoms with E-state index in [2.05, 4.69) is 16.1 Å². The highest BCUT2D eigenvalue weighted by molar-refractivity contribution is 7.90. The van der Waals surface area contributed by atoms with E-state index < -0.39 is 16.1 Å². The van der Waals surface area contributed by atoms with Crippen molar-refractivity contribution in [1.82, 2.24) is 9.62 Å². The summed E-state index contributed by atoms with van der Waals surface area (Å²) in [5.41, 5.74) is 5.65. The summed E-state index contributed by atoms with van der Waals surface area (Å²) in [6, 6.07) is 1.53. The molecule has 27 heavy (non-hydrogen) atoms. The zero-order valence-corrected chi connectivity index (χ0v) is 16.7. The number of hydrogen-bond donors (Lipinski definition) is 2. The fraction of sp³-hybridized carbons (Fsp3) is 0.579. The first-order valence-electron chi connectivity index (χ1n) is 9.54. The Hall–Kier alpha value is -2.09. The summed E-state index contributed by atoms with van der Waals surface area (Å²) >= 11 is 0. The number of benzene rings is 1. The van der Waals surface area contributed by atoms with E-state index in [9.17, 15) is 18.0 Å². The summed E-state index contributed by atoms with van der Waals surface area (Å²) in [4.78, 5) is 25.2. The minimum absolute atomic E-state index is 0.0601. The van der Waals surface area contributed by atoms with E-state index in [-0.39, 0.29) is 18.2 Å². The Morgan fingerprint density at radius 1 is 1.07 bits per heavy atom. The van der Waals surface area contributed by atoms with Gasteiger partial charge in [-0.05, 0) is 67.7 Å². The topological polar surface area (TPSA) is 95.6 Å². The molecule has 2 aliphatic rings. The van der Waals surface area contributed by atoms with Crippen LogP contribution in [0.5, 0.6) is 0 Å². The van der Waals surface area contributed by atoms with Gasteiger partial charge in [0.15, 0.2) is 0 Å². The van der Waals surface area contributed by atoms with E-state index in [1.54, 1.807) is 6.92 Å². The maximum Gasteiger partial charge on any atom is 0.332 e. The van der Waals surface area contributed by atoms with Crippen LogP contribution in [0, 0.1) is 0 Å². The molecule has 0 heterocycles. The summed E-state index contributed by atoms with van der Waals surface area (Å²) in [5, 5.41) is 2.81. The zero-order chi connectivity index (χ0) is 19.6. The summed E-state index contributed by atoms with van der Waals surface area (Å²) in [7, 11) is -3.82. The van der Waals surface area contributed by atoms with Crippen molar-refractivity contribution in [3.63, 3.8) is 0 Å². The Balaban J connectivity index is 1.69. The average Bonchev–Trinajstić information content (AvgIpc) is 3.23. The molecule has 2 aliphatic carbocycles. The molecular formula is C19H27N3O4S. The predicted molar refractivity (Wildman–Crippen MR) is 104 cm³/mol. The molecule has 0 aliphatic heterocycles. The molecule has 0 bridgehead atoms. The molecule has 0 radical (unpaired) electrons. The fourth-order valence-electron chi connectivity index (χ4n) is 4.07. The maximum atomic E-state index is 12.4. The lowest BCUT2D eigenvalue weighted by Crippen LogP contribution is -2.40. The number of fused-ring (bicyclic) bond motifs is 2. The highest BCUT2D eigenvalue weighted by atomic mass is 32.2. The van der Waals surface area contributed by atoms with Crippen molar-refractivity contribution in [3.8, 4) is 0 Å². The molecule has 3 amide bonds. The van der Waals surface area contributed by atoms with Crippen LogP contribution in [-0.4, -0.2) is 44.1 Å². The van der Waals surface area contributed by atoms with Gasteiger partial charge in [-0.2, -0.15) is 0 Å². The molecule has 0 saturated heterocycles. The number of anilines is 1. The SMILES string of the molecule is CCN(CCS(=O)(=O)NC(=O)Nc1c2c(cc3c1CCC3)CCC2)C(C)=O.